The fraction of sp³-hybridized carbons (Fsp3) is 0.667. The molecule has 0 radical (unpaired) electrons. The molecule has 6 N–H and O–H groups in total. The Labute approximate surface area is 122 Å². The molecule has 0 aromatic carbocycles. The average Bonchev–Trinajstić information content (AvgIpc) is 2.18. The molecule has 0 aromatic rings. The standard InChI is InChI=1S/C9H14O6.H3NO3S.H3N/c1-6(10)13-4-9(15-8(3)12)5-14-7(2)11;1-5(2,3)4;/h9H,4-5H2,1-3H3;(H3,1,2,3,4);1H3. The van der Waals surface area contributed by atoms with E-state index in [0.717, 1.165) is 0 Å². The van der Waals surface area contributed by atoms with E-state index in [4.69, 9.17) is 17.7 Å². The van der Waals surface area contributed by atoms with E-state index in [0.29, 0.717) is 0 Å². The van der Waals surface area contributed by atoms with Crippen molar-refractivity contribution in [2.45, 2.75) is 26.9 Å². The van der Waals surface area contributed by atoms with E-state index in [-0.39, 0.29) is 19.4 Å². The van der Waals surface area contributed by atoms with Gasteiger partial charge >= 0.3 is 28.2 Å². The third-order valence-corrected chi connectivity index (χ3v) is 1.28. The fourth-order valence-electron chi connectivity index (χ4n) is 0.771. The molecule has 0 fully saturated rings. The number of hydrogen-bond acceptors (Lipinski definition) is 9. The van der Waals surface area contributed by atoms with Gasteiger partial charge in [0.1, 0.15) is 13.2 Å². The molecule has 0 heterocycles. The maximum atomic E-state index is 10.6. The van der Waals surface area contributed by atoms with Crippen LogP contribution in [0, 0.1) is 0 Å². The molecule has 0 saturated carbocycles. The van der Waals surface area contributed by atoms with Crippen LogP contribution in [0.15, 0.2) is 0 Å². The van der Waals surface area contributed by atoms with E-state index in [1.807, 2.05) is 0 Å². The Hall–Kier alpha value is -1.76. The van der Waals surface area contributed by atoms with Gasteiger partial charge < -0.3 is 20.4 Å². The van der Waals surface area contributed by atoms with Gasteiger partial charge in [-0.05, 0) is 0 Å². The summed E-state index contributed by atoms with van der Waals surface area (Å²) in [6, 6.07) is 0. The first-order chi connectivity index (χ1) is 8.91. The number of hydrogen-bond donors (Lipinski definition) is 3. The molecular formula is C9H20N2O9S. The second kappa shape index (κ2) is 12.0. The topological polar surface area (TPSA) is 194 Å². The number of carbonyl (C=O) groups is 3. The second-order valence-corrected chi connectivity index (χ2v) is 4.38. The van der Waals surface area contributed by atoms with Crippen LogP contribution in [0.3, 0.4) is 0 Å². The first-order valence-corrected chi connectivity index (χ1v) is 6.61. The molecule has 0 aliphatic heterocycles. The number of ether oxygens (including phenoxy) is 3. The van der Waals surface area contributed by atoms with Crippen molar-refractivity contribution in [3.63, 3.8) is 0 Å². The molecule has 0 amide bonds. The minimum atomic E-state index is -4.17. The van der Waals surface area contributed by atoms with E-state index in [1.165, 1.54) is 20.8 Å². The van der Waals surface area contributed by atoms with Crippen molar-refractivity contribution in [3.8, 4) is 0 Å². The molecule has 0 rings (SSSR count). The van der Waals surface area contributed by atoms with Crippen molar-refractivity contribution >= 4 is 28.2 Å². The highest BCUT2D eigenvalue weighted by molar-refractivity contribution is 7.83. The predicted octanol–water partition coefficient (Wildman–Crippen LogP) is -1.05. The Morgan fingerprint density at radius 3 is 1.48 bits per heavy atom. The van der Waals surface area contributed by atoms with Crippen LogP contribution in [0.25, 0.3) is 0 Å². The Balaban J connectivity index is -0.000000465. The minimum Gasteiger partial charge on any atom is -0.462 e. The lowest BCUT2D eigenvalue weighted by molar-refractivity contribution is -0.163. The van der Waals surface area contributed by atoms with Crippen LogP contribution in [0.4, 0.5) is 0 Å². The van der Waals surface area contributed by atoms with Gasteiger partial charge in [0.05, 0.1) is 0 Å². The van der Waals surface area contributed by atoms with Crippen LogP contribution < -0.4 is 11.3 Å². The summed E-state index contributed by atoms with van der Waals surface area (Å²) in [7, 11) is -4.17. The van der Waals surface area contributed by atoms with Gasteiger partial charge in [0.15, 0.2) is 6.10 Å². The Kier molecular flexibility index (Phi) is 13.9. The van der Waals surface area contributed by atoms with E-state index in [1.54, 1.807) is 0 Å². The number of rotatable bonds is 5. The van der Waals surface area contributed by atoms with Crippen molar-refractivity contribution in [1.82, 2.24) is 6.15 Å². The molecule has 0 saturated heterocycles. The summed E-state index contributed by atoms with van der Waals surface area (Å²) in [5.74, 6) is -1.51. The van der Waals surface area contributed by atoms with Crippen molar-refractivity contribution in [3.05, 3.63) is 0 Å². The van der Waals surface area contributed by atoms with Gasteiger partial charge in [-0.25, -0.2) is 5.14 Å². The van der Waals surface area contributed by atoms with Crippen molar-refractivity contribution in [2.75, 3.05) is 13.2 Å². The largest absolute Gasteiger partial charge is 0.462 e. The van der Waals surface area contributed by atoms with Gasteiger partial charge in [0.2, 0.25) is 0 Å². The Morgan fingerprint density at radius 1 is 1.00 bits per heavy atom. The number of carbonyl (C=O) groups excluding carboxylic acids is 3. The third-order valence-electron chi connectivity index (χ3n) is 1.28. The number of nitrogens with two attached hydrogens (primary N) is 1. The summed E-state index contributed by atoms with van der Waals surface area (Å²) in [5, 5.41) is 3.88. The lowest BCUT2D eigenvalue weighted by atomic mass is 10.4. The Bertz CT molecular complexity index is 408. The molecule has 0 aliphatic rings. The lowest BCUT2D eigenvalue weighted by Gasteiger charge is -2.15. The number of esters is 3. The molecule has 0 atom stereocenters. The minimum absolute atomic E-state index is 0. The molecule has 0 unspecified atom stereocenters. The van der Waals surface area contributed by atoms with Crippen LogP contribution >= 0.6 is 0 Å². The first-order valence-electron chi connectivity index (χ1n) is 5.11. The fourth-order valence-corrected chi connectivity index (χ4v) is 0.771. The van der Waals surface area contributed by atoms with Crippen LogP contribution in [-0.2, 0) is 38.9 Å². The SMILES string of the molecule is CC(=O)OCC(COC(C)=O)OC(C)=O.N.NS(=O)(=O)O. The zero-order chi connectivity index (χ0) is 16.3. The zero-order valence-electron chi connectivity index (χ0n) is 11.9. The summed E-state index contributed by atoms with van der Waals surface area (Å²) in [6.07, 6.45) is -0.754. The quantitative estimate of drug-likeness (QED) is 0.317. The average molecular weight is 332 g/mol. The molecule has 21 heavy (non-hydrogen) atoms. The molecule has 12 heteroatoms. The summed E-state index contributed by atoms with van der Waals surface area (Å²) in [4.78, 5) is 31.6. The lowest BCUT2D eigenvalue weighted by Crippen LogP contribution is -2.29. The molecule has 0 spiro atoms. The van der Waals surface area contributed by atoms with Crippen LogP contribution in [-0.4, -0.2) is 50.2 Å². The van der Waals surface area contributed by atoms with Crippen LogP contribution in [0.1, 0.15) is 20.8 Å². The maximum Gasteiger partial charge on any atom is 0.330 e. The first kappa shape index (κ1) is 24.3. The summed E-state index contributed by atoms with van der Waals surface area (Å²) in [5.41, 5.74) is 0. The highest BCUT2D eigenvalue weighted by Gasteiger charge is 2.15. The third kappa shape index (κ3) is 32.1. The molecular weight excluding hydrogens is 312 g/mol. The van der Waals surface area contributed by atoms with Crippen LogP contribution in [0.2, 0.25) is 0 Å². The molecule has 0 aliphatic carbocycles. The van der Waals surface area contributed by atoms with Gasteiger partial charge in [0.25, 0.3) is 0 Å². The van der Waals surface area contributed by atoms with Crippen molar-refractivity contribution < 1.29 is 41.6 Å². The van der Waals surface area contributed by atoms with Crippen molar-refractivity contribution in [2.24, 2.45) is 5.14 Å². The smallest absolute Gasteiger partial charge is 0.330 e. The van der Waals surface area contributed by atoms with Crippen molar-refractivity contribution in [1.29, 1.82) is 0 Å². The van der Waals surface area contributed by atoms with Gasteiger partial charge in [0, 0.05) is 20.8 Å². The molecule has 11 nitrogen and oxygen atoms in total. The molecule has 0 aromatic heterocycles. The second-order valence-electron chi connectivity index (χ2n) is 3.35. The highest BCUT2D eigenvalue weighted by atomic mass is 32.2. The molecule has 0 bridgehead atoms. The Morgan fingerprint density at radius 2 is 1.29 bits per heavy atom. The van der Waals surface area contributed by atoms with E-state index in [2.05, 4.69) is 14.6 Å². The summed E-state index contributed by atoms with van der Waals surface area (Å²) in [6.45, 7) is 3.44. The normalized spacial score (nSPS) is 9.62. The maximum absolute atomic E-state index is 10.6. The van der Waals surface area contributed by atoms with Gasteiger partial charge in [-0.15, -0.1) is 0 Å². The van der Waals surface area contributed by atoms with E-state index < -0.39 is 34.3 Å². The molecule has 126 valence electrons. The predicted molar refractivity (Wildman–Crippen MR) is 69.6 cm³/mol. The monoisotopic (exact) mass is 332 g/mol. The van der Waals surface area contributed by atoms with Crippen LogP contribution in [0.5, 0.6) is 0 Å². The summed E-state index contributed by atoms with van der Waals surface area (Å²) < 4.78 is 39.2. The zero-order valence-corrected chi connectivity index (χ0v) is 12.7. The van der Waals surface area contributed by atoms with E-state index in [9.17, 15) is 14.4 Å². The highest BCUT2D eigenvalue weighted by Crippen LogP contribution is 1.97. The van der Waals surface area contributed by atoms with Gasteiger partial charge in [-0.2, -0.15) is 8.42 Å². The summed E-state index contributed by atoms with van der Waals surface area (Å²) >= 11 is 0. The van der Waals surface area contributed by atoms with Gasteiger partial charge in [-0.1, -0.05) is 0 Å². The van der Waals surface area contributed by atoms with E-state index >= 15 is 0 Å². The van der Waals surface area contributed by atoms with Gasteiger partial charge in [-0.3, -0.25) is 18.9 Å².